The smallest absolute Gasteiger partial charge is 0.302 e. The molecule has 9 heavy (non-hydrogen) atoms. The predicted molar refractivity (Wildman–Crippen MR) is 25.3 cm³/mol. The fourth-order valence-corrected chi connectivity index (χ4v) is 0.620. The third-order valence-electron chi connectivity index (χ3n) is 1.07. The van der Waals surface area contributed by atoms with Crippen LogP contribution in [0.15, 0.2) is 0 Å². The van der Waals surface area contributed by atoms with Crippen molar-refractivity contribution in [3.8, 4) is 0 Å². The molecule has 1 aliphatic heterocycles. The largest absolute Gasteiger partial charge is 0.410 e. The van der Waals surface area contributed by atoms with Crippen LogP contribution in [0.4, 0.5) is 13.2 Å². The van der Waals surface area contributed by atoms with Gasteiger partial charge in [0.05, 0.1) is 0 Å². The normalized spacial score (nSPS) is 23.0. The van der Waals surface area contributed by atoms with Crippen LogP contribution in [0.1, 0.15) is 0 Å². The summed E-state index contributed by atoms with van der Waals surface area (Å²) in [5, 5.41) is 4.69. The lowest BCUT2D eigenvalue weighted by Gasteiger charge is -2.11. The van der Waals surface area contributed by atoms with Gasteiger partial charge in [0.25, 0.3) is 0 Å². The van der Waals surface area contributed by atoms with Crippen LogP contribution in [0.5, 0.6) is 0 Å². The number of hydrogen-bond acceptors (Lipinski definition) is 2. The van der Waals surface area contributed by atoms with E-state index in [4.69, 9.17) is 0 Å². The summed E-state index contributed by atoms with van der Waals surface area (Å²) in [6.07, 6.45) is -4.18. The van der Waals surface area contributed by atoms with Gasteiger partial charge in [0, 0.05) is 13.2 Å². The Morgan fingerprint density at radius 1 is 1.33 bits per heavy atom. The Bertz CT molecular complexity index is 94.5. The van der Waals surface area contributed by atoms with Crippen molar-refractivity contribution in [1.82, 2.24) is 10.6 Å². The number of alkyl halides is 3. The molecule has 0 saturated carbocycles. The van der Waals surface area contributed by atoms with Crippen LogP contribution in [0, 0.1) is 6.04 Å². The maximum absolute atomic E-state index is 11.6. The Labute approximate surface area is 50.4 Å². The number of nitrogens with one attached hydrogen (secondary N) is 2. The molecule has 1 rings (SSSR count). The van der Waals surface area contributed by atoms with Gasteiger partial charge in [-0.1, -0.05) is 0 Å². The molecule has 0 aliphatic carbocycles. The van der Waals surface area contributed by atoms with E-state index in [2.05, 4.69) is 10.6 Å². The van der Waals surface area contributed by atoms with E-state index in [0.29, 0.717) is 0 Å². The number of halogens is 3. The first-order valence-corrected chi connectivity index (χ1v) is 2.48. The third kappa shape index (κ3) is 1.56. The molecule has 53 valence electrons. The van der Waals surface area contributed by atoms with Crippen molar-refractivity contribution in [2.45, 2.75) is 6.18 Å². The Morgan fingerprint density at radius 3 is 2.22 bits per heavy atom. The zero-order valence-corrected chi connectivity index (χ0v) is 4.55. The predicted octanol–water partition coefficient (Wildman–Crippen LogP) is 0.231. The zero-order valence-electron chi connectivity index (χ0n) is 4.55. The van der Waals surface area contributed by atoms with E-state index in [1.54, 1.807) is 0 Å². The molecule has 1 heterocycles. The molecule has 0 spiro atoms. The Kier molecular flexibility index (Phi) is 1.63. The van der Waals surface area contributed by atoms with Crippen molar-refractivity contribution >= 4 is 0 Å². The molecule has 1 fully saturated rings. The Balaban J connectivity index is 2.42. The van der Waals surface area contributed by atoms with Gasteiger partial charge >= 0.3 is 6.18 Å². The van der Waals surface area contributed by atoms with Crippen LogP contribution in [-0.2, 0) is 0 Å². The highest BCUT2D eigenvalue weighted by Crippen LogP contribution is 2.26. The summed E-state index contributed by atoms with van der Waals surface area (Å²) in [6.45, 7) is 0.123. The van der Waals surface area contributed by atoms with Gasteiger partial charge in [-0.15, -0.1) is 0 Å². The van der Waals surface area contributed by atoms with Crippen molar-refractivity contribution in [1.29, 1.82) is 0 Å². The average molecular weight is 139 g/mol. The number of hydrogen-bond donors (Lipinski definition) is 2. The lowest BCUT2D eigenvalue weighted by atomic mass is 10.3. The summed E-state index contributed by atoms with van der Waals surface area (Å²) in [7, 11) is 0. The van der Waals surface area contributed by atoms with Gasteiger partial charge in [0.1, 0.15) is 0 Å². The van der Waals surface area contributed by atoms with Gasteiger partial charge in [0.15, 0.2) is 6.04 Å². The topological polar surface area (TPSA) is 24.1 Å². The molecular weight excluding hydrogens is 133 g/mol. The van der Waals surface area contributed by atoms with Crippen LogP contribution in [0.3, 0.4) is 0 Å². The van der Waals surface area contributed by atoms with Crippen molar-refractivity contribution < 1.29 is 13.2 Å². The van der Waals surface area contributed by atoms with E-state index in [0.717, 1.165) is 0 Å². The molecule has 1 aliphatic rings. The molecule has 0 aromatic heterocycles. The highest BCUT2D eigenvalue weighted by atomic mass is 19.4. The quantitative estimate of drug-likeness (QED) is 0.502. The average Bonchev–Trinajstić information content (AvgIpc) is 2.08. The van der Waals surface area contributed by atoms with E-state index in [1.165, 1.54) is 0 Å². The van der Waals surface area contributed by atoms with Crippen LogP contribution in [0.2, 0.25) is 0 Å². The van der Waals surface area contributed by atoms with Crippen molar-refractivity contribution in [3.05, 3.63) is 6.04 Å². The molecule has 0 unspecified atom stereocenters. The molecule has 0 bridgehead atoms. The third-order valence-corrected chi connectivity index (χ3v) is 1.07. The van der Waals surface area contributed by atoms with Crippen molar-refractivity contribution in [3.63, 3.8) is 0 Å². The van der Waals surface area contributed by atoms with Gasteiger partial charge in [-0.05, 0) is 0 Å². The molecule has 2 nitrogen and oxygen atoms in total. The molecule has 1 saturated heterocycles. The molecule has 1 radical (unpaired) electrons. The van der Waals surface area contributed by atoms with Crippen LogP contribution in [0.25, 0.3) is 0 Å². The first-order valence-electron chi connectivity index (χ1n) is 2.48. The minimum absolute atomic E-state index is 0.0938. The summed E-state index contributed by atoms with van der Waals surface area (Å²) in [6, 6.07) is -0.581. The minimum Gasteiger partial charge on any atom is -0.302 e. The van der Waals surface area contributed by atoms with E-state index in [1.807, 2.05) is 0 Å². The summed E-state index contributed by atoms with van der Waals surface area (Å²) in [5.74, 6) is 0. The second-order valence-corrected chi connectivity index (χ2v) is 1.76. The fraction of sp³-hybridized carbons (Fsp3) is 0.750. The lowest BCUT2D eigenvalue weighted by Crippen LogP contribution is -2.30. The molecule has 0 amide bonds. The molecule has 2 N–H and O–H groups in total. The molecule has 0 aromatic rings. The monoisotopic (exact) mass is 139 g/mol. The van der Waals surface area contributed by atoms with Gasteiger partial charge in [-0.25, -0.2) is 0 Å². The van der Waals surface area contributed by atoms with Gasteiger partial charge in [-0.2, -0.15) is 13.2 Å². The number of rotatable bonds is 0. The fourth-order valence-electron chi connectivity index (χ4n) is 0.620. The van der Waals surface area contributed by atoms with E-state index in [9.17, 15) is 13.2 Å². The summed E-state index contributed by atoms with van der Waals surface area (Å²) in [5.41, 5.74) is 0. The van der Waals surface area contributed by atoms with Crippen LogP contribution < -0.4 is 10.6 Å². The first kappa shape index (κ1) is 6.82. The SMILES string of the molecule is FC(F)(F)[C]1CNCN1. The first-order chi connectivity index (χ1) is 4.11. The second-order valence-electron chi connectivity index (χ2n) is 1.76. The Morgan fingerprint density at radius 2 is 2.00 bits per heavy atom. The summed E-state index contributed by atoms with van der Waals surface area (Å²) < 4.78 is 34.9. The van der Waals surface area contributed by atoms with Crippen molar-refractivity contribution in [2.24, 2.45) is 0 Å². The highest BCUT2D eigenvalue weighted by Gasteiger charge is 2.42. The second kappa shape index (κ2) is 2.15. The van der Waals surface area contributed by atoms with Crippen LogP contribution >= 0.6 is 0 Å². The standard InChI is InChI=1S/C4H6F3N2/c5-4(6,7)3-1-8-2-9-3/h8-9H,1-2H2. The maximum atomic E-state index is 11.6. The van der Waals surface area contributed by atoms with Gasteiger partial charge < -0.3 is 5.32 Å². The Hall–Kier alpha value is -0.290. The summed E-state index contributed by atoms with van der Waals surface area (Å²) in [4.78, 5) is 0. The molecular formula is C4H6F3N2. The minimum atomic E-state index is -4.18. The van der Waals surface area contributed by atoms with Gasteiger partial charge in [-0.3, -0.25) is 5.32 Å². The van der Waals surface area contributed by atoms with E-state index < -0.39 is 12.2 Å². The van der Waals surface area contributed by atoms with Gasteiger partial charge in [0.2, 0.25) is 0 Å². The molecule has 0 atom stereocenters. The highest BCUT2D eigenvalue weighted by molar-refractivity contribution is 5.00. The van der Waals surface area contributed by atoms with Crippen molar-refractivity contribution in [2.75, 3.05) is 13.2 Å². The molecule has 5 heteroatoms. The lowest BCUT2D eigenvalue weighted by molar-refractivity contribution is -0.117. The molecule has 0 aromatic carbocycles. The van der Waals surface area contributed by atoms with E-state index in [-0.39, 0.29) is 13.2 Å². The zero-order chi connectivity index (χ0) is 6.91. The van der Waals surface area contributed by atoms with Crippen LogP contribution in [-0.4, -0.2) is 19.4 Å². The maximum Gasteiger partial charge on any atom is 0.410 e. The summed E-state index contributed by atoms with van der Waals surface area (Å²) >= 11 is 0. The van der Waals surface area contributed by atoms with E-state index >= 15 is 0 Å².